The van der Waals surface area contributed by atoms with Crippen molar-refractivity contribution in [3.05, 3.63) is 35.4 Å². The third kappa shape index (κ3) is 5.19. The Kier molecular flexibility index (Phi) is 5.70. The Bertz CT molecular complexity index is 496. The van der Waals surface area contributed by atoms with Crippen molar-refractivity contribution in [3.63, 3.8) is 0 Å². The molecule has 1 fully saturated rings. The van der Waals surface area contributed by atoms with Crippen LogP contribution in [0.3, 0.4) is 0 Å². The smallest absolute Gasteiger partial charge is 0.388 e. The van der Waals surface area contributed by atoms with Crippen molar-refractivity contribution in [3.8, 4) is 0 Å². The Morgan fingerprint density at radius 2 is 1.78 bits per heavy atom. The molecule has 2 rings (SSSR count). The molecule has 1 atom stereocenters. The molecule has 0 aliphatic carbocycles. The van der Waals surface area contributed by atoms with Crippen LogP contribution in [0.4, 0.5) is 13.2 Å². The molecular weight excluding hydrogens is 307 g/mol. The highest BCUT2D eigenvalue weighted by Gasteiger charge is 2.32. The quantitative estimate of drug-likeness (QED) is 0.899. The summed E-state index contributed by atoms with van der Waals surface area (Å²) in [6.45, 7) is 4.33. The van der Waals surface area contributed by atoms with Crippen molar-refractivity contribution in [2.24, 2.45) is 0 Å². The van der Waals surface area contributed by atoms with Gasteiger partial charge in [-0.15, -0.1) is 0 Å². The van der Waals surface area contributed by atoms with Gasteiger partial charge >= 0.3 is 6.18 Å². The Morgan fingerprint density at radius 3 is 2.30 bits per heavy atom. The average molecular weight is 331 g/mol. The fraction of sp³-hybridized carbons (Fsp3) is 0.647. The number of ether oxygens (including phenoxy) is 1. The first kappa shape index (κ1) is 18.2. The maximum atomic E-state index is 12.6. The lowest BCUT2D eigenvalue weighted by Crippen LogP contribution is -2.46. The van der Waals surface area contributed by atoms with Gasteiger partial charge in [0.15, 0.2) is 0 Å². The van der Waals surface area contributed by atoms with Gasteiger partial charge in [-0.2, -0.15) is 13.2 Å². The zero-order valence-corrected chi connectivity index (χ0v) is 13.6. The molecule has 130 valence electrons. The highest BCUT2D eigenvalue weighted by molar-refractivity contribution is 5.27. The predicted molar refractivity (Wildman–Crippen MR) is 82.4 cm³/mol. The average Bonchev–Trinajstić information content (AvgIpc) is 2.46. The summed E-state index contributed by atoms with van der Waals surface area (Å²) in [7, 11) is 1.92. The largest absolute Gasteiger partial charge is 0.416 e. The third-order valence-corrected chi connectivity index (χ3v) is 4.38. The van der Waals surface area contributed by atoms with Gasteiger partial charge in [-0.25, -0.2) is 0 Å². The lowest BCUT2D eigenvalue weighted by Gasteiger charge is -2.36. The van der Waals surface area contributed by atoms with Crippen LogP contribution in [-0.4, -0.2) is 49.0 Å². The van der Waals surface area contributed by atoms with Gasteiger partial charge < -0.3 is 14.7 Å². The highest BCUT2D eigenvalue weighted by Crippen LogP contribution is 2.30. The summed E-state index contributed by atoms with van der Waals surface area (Å²) in [6, 6.07) is 5.31. The van der Waals surface area contributed by atoms with Crippen LogP contribution >= 0.6 is 0 Å². The predicted octanol–water partition coefficient (Wildman–Crippen LogP) is 3.28. The molecule has 1 saturated heterocycles. The number of nitrogens with zero attached hydrogens (tertiary/aromatic N) is 1. The lowest BCUT2D eigenvalue weighted by atomic mass is 9.93. The molecule has 6 heteroatoms. The molecule has 1 N–H and O–H groups in total. The first-order valence-corrected chi connectivity index (χ1v) is 7.85. The second kappa shape index (κ2) is 7.20. The van der Waals surface area contributed by atoms with E-state index in [2.05, 4.69) is 0 Å². The lowest BCUT2D eigenvalue weighted by molar-refractivity contribution is -0.137. The zero-order valence-electron chi connectivity index (χ0n) is 13.6. The van der Waals surface area contributed by atoms with Gasteiger partial charge in [0.2, 0.25) is 0 Å². The second-order valence-electron chi connectivity index (χ2n) is 6.55. The summed E-state index contributed by atoms with van der Waals surface area (Å²) in [5.74, 6) is 0.0886. The molecule has 1 aromatic rings. The van der Waals surface area contributed by atoms with Crippen LogP contribution in [0.5, 0.6) is 0 Å². The highest BCUT2D eigenvalue weighted by atomic mass is 19.4. The molecular formula is C17H24F3NO2. The van der Waals surface area contributed by atoms with Crippen molar-refractivity contribution < 1.29 is 23.0 Å². The third-order valence-electron chi connectivity index (χ3n) is 4.38. The number of benzene rings is 1. The van der Waals surface area contributed by atoms with Gasteiger partial charge in [0.1, 0.15) is 0 Å². The fourth-order valence-electron chi connectivity index (χ4n) is 3.05. The molecule has 0 radical (unpaired) electrons. The molecule has 0 aromatic heterocycles. The Labute approximate surface area is 135 Å². The Balaban J connectivity index is 1.91. The van der Waals surface area contributed by atoms with Crippen LogP contribution in [0, 0.1) is 0 Å². The van der Waals surface area contributed by atoms with Crippen molar-refractivity contribution in [2.75, 3.05) is 33.4 Å². The monoisotopic (exact) mass is 331 g/mol. The SMILES string of the molecule is C[C@H](CN(C)CC1(O)CCOCC1)c1ccc(C(F)(F)F)cc1. The van der Waals surface area contributed by atoms with Crippen molar-refractivity contribution >= 4 is 0 Å². The Hall–Kier alpha value is -1.11. The van der Waals surface area contributed by atoms with E-state index in [9.17, 15) is 18.3 Å². The van der Waals surface area contributed by atoms with E-state index in [1.54, 1.807) is 0 Å². The van der Waals surface area contributed by atoms with Crippen LogP contribution in [0.25, 0.3) is 0 Å². The number of hydrogen-bond donors (Lipinski definition) is 1. The summed E-state index contributed by atoms with van der Waals surface area (Å²) < 4.78 is 43.0. The Morgan fingerprint density at radius 1 is 1.22 bits per heavy atom. The van der Waals surface area contributed by atoms with Crippen molar-refractivity contribution in [1.29, 1.82) is 0 Å². The summed E-state index contributed by atoms with van der Waals surface area (Å²) in [5, 5.41) is 10.5. The minimum absolute atomic E-state index is 0.0886. The molecule has 0 amide bonds. The van der Waals surface area contributed by atoms with E-state index in [0.717, 1.165) is 17.7 Å². The molecule has 1 aromatic carbocycles. The molecule has 23 heavy (non-hydrogen) atoms. The van der Waals surface area contributed by atoms with Gasteiger partial charge in [-0.3, -0.25) is 0 Å². The zero-order chi connectivity index (χ0) is 17.1. The van der Waals surface area contributed by atoms with Crippen molar-refractivity contribution in [1.82, 2.24) is 4.90 Å². The summed E-state index contributed by atoms with van der Waals surface area (Å²) in [4.78, 5) is 2.04. The topological polar surface area (TPSA) is 32.7 Å². The molecule has 3 nitrogen and oxygen atoms in total. The van der Waals surface area contributed by atoms with Gasteiger partial charge in [-0.1, -0.05) is 19.1 Å². The second-order valence-corrected chi connectivity index (χ2v) is 6.55. The number of likely N-dealkylation sites (N-methyl/N-ethyl adjacent to an activating group) is 1. The van der Waals surface area contributed by atoms with E-state index >= 15 is 0 Å². The van der Waals surface area contributed by atoms with Gasteiger partial charge in [0, 0.05) is 39.1 Å². The minimum atomic E-state index is -4.30. The maximum Gasteiger partial charge on any atom is 0.416 e. The number of rotatable bonds is 5. The van der Waals surface area contributed by atoms with Crippen LogP contribution < -0.4 is 0 Å². The first-order chi connectivity index (χ1) is 10.7. The molecule has 1 aliphatic rings. The molecule has 1 aliphatic heterocycles. The van der Waals surface area contributed by atoms with Crippen LogP contribution in [0.15, 0.2) is 24.3 Å². The van der Waals surface area contributed by atoms with E-state index in [0.29, 0.717) is 39.1 Å². The van der Waals surface area contributed by atoms with E-state index in [-0.39, 0.29) is 5.92 Å². The minimum Gasteiger partial charge on any atom is -0.388 e. The normalized spacial score (nSPS) is 19.8. The number of alkyl halides is 3. The van der Waals surface area contributed by atoms with Gasteiger partial charge in [-0.05, 0) is 30.7 Å². The fourth-order valence-corrected chi connectivity index (χ4v) is 3.05. The number of aliphatic hydroxyl groups is 1. The summed E-state index contributed by atoms with van der Waals surface area (Å²) in [6.07, 6.45) is -3.07. The molecule has 0 saturated carbocycles. The molecule has 0 bridgehead atoms. The van der Waals surface area contributed by atoms with E-state index in [1.165, 1.54) is 12.1 Å². The first-order valence-electron chi connectivity index (χ1n) is 7.85. The van der Waals surface area contributed by atoms with Crippen LogP contribution in [-0.2, 0) is 10.9 Å². The van der Waals surface area contributed by atoms with E-state index in [1.807, 2.05) is 18.9 Å². The standard InChI is InChI=1S/C17H24F3NO2/c1-13(14-3-5-15(6-4-14)17(18,19)20)11-21(2)12-16(22)7-9-23-10-8-16/h3-6,13,22H,7-12H2,1-2H3/t13-/m1/s1. The molecule has 1 heterocycles. The van der Waals surface area contributed by atoms with E-state index < -0.39 is 17.3 Å². The maximum absolute atomic E-state index is 12.6. The van der Waals surface area contributed by atoms with E-state index in [4.69, 9.17) is 4.74 Å². The van der Waals surface area contributed by atoms with Gasteiger partial charge in [0.05, 0.1) is 11.2 Å². The summed E-state index contributed by atoms with van der Waals surface area (Å²) >= 11 is 0. The number of halogens is 3. The molecule has 0 spiro atoms. The summed E-state index contributed by atoms with van der Waals surface area (Å²) in [5.41, 5.74) is -0.491. The molecule has 0 unspecified atom stereocenters. The van der Waals surface area contributed by atoms with Crippen molar-refractivity contribution in [2.45, 2.75) is 37.5 Å². The van der Waals surface area contributed by atoms with Crippen LogP contribution in [0.2, 0.25) is 0 Å². The van der Waals surface area contributed by atoms with Crippen LogP contribution in [0.1, 0.15) is 36.8 Å². The number of hydrogen-bond acceptors (Lipinski definition) is 3. The van der Waals surface area contributed by atoms with Gasteiger partial charge in [0.25, 0.3) is 0 Å².